The van der Waals surface area contributed by atoms with Crippen molar-refractivity contribution in [2.45, 2.75) is 13.0 Å². The van der Waals surface area contributed by atoms with E-state index in [0.717, 1.165) is 15.2 Å². The van der Waals surface area contributed by atoms with Crippen molar-refractivity contribution in [1.29, 1.82) is 0 Å². The molecule has 3 amide bonds. The average Bonchev–Trinajstić information content (AvgIpc) is 3.03. The zero-order valence-corrected chi connectivity index (χ0v) is 28.6. The van der Waals surface area contributed by atoms with Crippen LogP contribution in [0.2, 0.25) is 0 Å². The molecule has 19 nitrogen and oxygen atoms in total. The van der Waals surface area contributed by atoms with E-state index in [4.69, 9.17) is 18.0 Å². The van der Waals surface area contributed by atoms with Gasteiger partial charge in [0, 0.05) is 49.0 Å². The topological polar surface area (TPSA) is 288 Å². The SMILES string of the molecule is Cc1cc(=O)[nH]c2cc(NC(=O)N(CCN(CCN(CC(=O)O)CC(=O)NC(C(=O)O)c3ccc(NC(N)=S)cc3)CC(=O)O)CC(=O)O)ccc12. The molecule has 0 saturated heterocycles. The quantitative estimate of drug-likeness (QED) is 0.0738. The van der Waals surface area contributed by atoms with Crippen LogP contribution in [-0.2, 0) is 24.0 Å². The van der Waals surface area contributed by atoms with E-state index < -0.39 is 68.0 Å². The van der Waals surface area contributed by atoms with E-state index in [-0.39, 0.29) is 48.1 Å². The monoisotopic (exact) mass is 742 g/mol. The summed E-state index contributed by atoms with van der Waals surface area (Å²) >= 11 is 4.77. The van der Waals surface area contributed by atoms with Gasteiger partial charge in [-0.1, -0.05) is 18.2 Å². The summed E-state index contributed by atoms with van der Waals surface area (Å²) in [6, 6.07) is 9.71. The minimum atomic E-state index is -1.49. The number of fused-ring (bicyclic) bond motifs is 1. The number of carboxylic acids is 4. The maximum Gasteiger partial charge on any atom is 0.330 e. The second kappa shape index (κ2) is 18.8. The summed E-state index contributed by atoms with van der Waals surface area (Å²) < 4.78 is 0. The largest absolute Gasteiger partial charge is 0.480 e. The predicted molar refractivity (Wildman–Crippen MR) is 191 cm³/mol. The van der Waals surface area contributed by atoms with Crippen LogP contribution >= 0.6 is 12.2 Å². The molecule has 20 heteroatoms. The summed E-state index contributed by atoms with van der Waals surface area (Å²) in [5.41, 5.74) is 7.18. The third-order valence-corrected chi connectivity index (χ3v) is 7.58. The van der Waals surface area contributed by atoms with Gasteiger partial charge in [-0.2, -0.15) is 0 Å². The van der Waals surface area contributed by atoms with Gasteiger partial charge in [-0.3, -0.25) is 33.8 Å². The Kier molecular flexibility index (Phi) is 14.5. The van der Waals surface area contributed by atoms with Gasteiger partial charge in [-0.15, -0.1) is 0 Å². The van der Waals surface area contributed by atoms with Gasteiger partial charge in [0.2, 0.25) is 11.5 Å². The van der Waals surface area contributed by atoms with Crippen molar-refractivity contribution >= 4 is 75.4 Å². The molecular formula is C32H38N8O11S. The van der Waals surface area contributed by atoms with Gasteiger partial charge in [0.15, 0.2) is 11.2 Å². The summed E-state index contributed by atoms with van der Waals surface area (Å²) in [7, 11) is 0. The maximum absolute atomic E-state index is 13.1. The van der Waals surface area contributed by atoms with E-state index in [1.165, 1.54) is 41.3 Å². The first-order chi connectivity index (χ1) is 24.5. The van der Waals surface area contributed by atoms with Gasteiger partial charge in [-0.05, 0) is 54.5 Å². The molecule has 0 saturated carbocycles. The predicted octanol–water partition coefficient (Wildman–Crippen LogP) is 0.126. The van der Waals surface area contributed by atoms with E-state index in [2.05, 4.69) is 20.9 Å². The van der Waals surface area contributed by atoms with Crippen molar-refractivity contribution in [1.82, 2.24) is 25.0 Å². The molecule has 1 atom stereocenters. The normalized spacial score (nSPS) is 11.5. The number of carbonyl (C=O) groups is 6. The highest BCUT2D eigenvalue weighted by molar-refractivity contribution is 7.80. The number of carboxylic acid groups (broad SMARTS) is 4. The van der Waals surface area contributed by atoms with Gasteiger partial charge in [-0.25, -0.2) is 9.59 Å². The van der Waals surface area contributed by atoms with Crippen LogP contribution in [0.3, 0.4) is 0 Å². The number of carbonyl (C=O) groups excluding carboxylic acids is 2. The molecule has 0 bridgehead atoms. The molecule has 1 unspecified atom stereocenters. The van der Waals surface area contributed by atoms with Crippen LogP contribution in [0.5, 0.6) is 0 Å². The van der Waals surface area contributed by atoms with E-state index in [1.54, 1.807) is 19.1 Å². The molecule has 278 valence electrons. The number of pyridine rings is 1. The number of benzene rings is 2. The van der Waals surface area contributed by atoms with Crippen molar-refractivity contribution in [3.63, 3.8) is 0 Å². The van der Waals surface area contributed by atoms with Gasteiger partial charge in [0.05, 0.1) is 25.2 Å². The number of amides is 3. The Hall–Kier alpha value is -6.12. The number of aliphatic carboxylic acids is 4. The number of aromatic nitrogens is 1. The number of hydrogen-bond donors (Lipinski definition) is 9. The Balaban J connectivity index is 1.68. The lowest BCUT2D eigenvalue weighted by Gasteiger charge is -2.28. The number of anilines is 2. The van der Waals surface area contributed by atoms with E-state index >= 15 is 0 Å². The van der Waals surface area contributed by atoms with Crippen molar-refractivity contribution < 1.29 is 49.2 Å². The molecule has 0 aliphatic heterocycles. The second-order valence-electron chi connectivity index (χ2n) is 11.5. The minimum absolute atomic E-state index is 0.00761. The van der Waals surface area contributed by atoms with Crippen LogP contribution in [0.4, 0.5) is 16.2 Å². The summed E-state index contributed by atoms with van der Waals surface area (Å²) in [5, 5.41) is 46.5. The van der Waals surface area contributed by atoms with Gasteiger partial charge < -0.3 is 52.0 Å². The van der Waals surface area contributed by atoms with E-state index in [1.807, 2.05) is 0 Å². The number of aryl methyl sites for hydroxylation is 1. The van der Waals surface area contributed by atoms with Crippen LogP contribution < -0.4 is 27.2 Å². The van der Waals surface area contributed by atoms with Gasteiger partial charge in [0.25, 0.3) is 0 Å². The first kappa shape index (κ1) is 40.3. The number of nitrogens with one attached hydrogen (secondary N) is 4. The Morgan fingerprint density at radius 1 is 0.769 bits per heavy atom. The highest BCUT2D eigenvalue weighted by Gasteiger charge is 2.25. The molecule has 3 rings (SSSR count). The smallest absolute Gasteiger partial charge is 0.330 e. The summed E-state index contributed by atoms with van der Waals surface area (Å²) in [6.07, 6.45) is 0. The van der Waals surface area contributed by atoms with Crippen LogP contribution in [0.25, 0.3) is 10.9 Å². The first-order valence-electron chi connectivity index (χ1n) is 15.5. The molecular weight excluding hydrogens is 704 g/mol. The fourth-order valence-corrected chi connectivity index (χ4v) is 5.26. The molecule has 1 aromatic heterocycles. The standard InChI is InChI=1S/C32H38N8O11S/c1-18-12-24(41)36-23-13-21(6-7-22(18)23)35-32(51)40(17-28(47)48)11-10-38(15-26(43)44)8-9-39(16-27(45)46)14-25(42)37-29(30(49)50)19-2-4-20(5-3-19)34-31(33)52/h2-7,12-13,29H,8-11,14-17H2,1H3,(H,35,51)(H,36,41)(H,37,42)(H,43,44)(H,45,46)(H,47,48)(H,49,50)(H3,33,34,52). The molecule has 2 aromatic carbocycles. The Labute approximate surface area is 301 Å². The summed E-state index contributed by atoms with van der Waals surface area (Å²) in [5.74, 6) is -6.15. The minimum Gasteiger partial charge on any atom is -0.480 e. The molecule has 52 heavy (non-hydrogen) atoms. The molecule has 1 heterocycles. The Morgan fingerprint density at radius 3 is 1.94 bits per heavy atom. The van der Waals surface area contributed by atoms with Crippen LogP contribution in [0, 0.1) is 6.92 Å². The molecule has 0 fully saturated rings. The summed E-state index contributed by atoms with van der Waals surface area (Å²) in [6.45, 7) is -1.53. The first-order valence-corrected chi connectivity index (χ1v) is 15.9. The molecule has 3 aromatic rings. The fourth-order valence-electron chi connectivity index (χ4n) is 5.14. The van der Waals surface area contributed by atoms with Crippen LogP contribution in [0.15, 0.2) is 53.3 Å². The molecule has 0 aliphatic carbocycles. The number of rotatable bonds is 19. The number of nitrogens with two attached hydrogens (primary N) is 1. The summed E-state index contributed by atoms with van der Waals surface area (Å²) in [4.78, 5) is 90.9. The van der Waals surface area contributed by atoms with Crippen molar-refractivity contribution in [3.05, 3.63) is 70.0 Å². The van der Waals surface area contributed by atoms with Crippen LogP contribution in [-0.4, -0.2) is 133 Å². The Morgan fingerprint density at radius 2 is 1.35 bits per heavy atom. The zero-order chi connectivity index (χ0) is 38.5. The number of urea groups is 1. The number of thiocarbonyl (C=S) groups is 1. The lowest BCUT2D eigenvalue weighted by Crippen LogP contribution is -2.48. The van der Waals surface area contributed by atoms with E-state index in [0.29, 0.717) is 16.8 Å². The van der Waals surface area contributed by atoms with Gasteiger partial charge >= 0.3 is 29.9 Å². The van der Waals surface area contributed by atoms with Crippen molar-refractivity contribution in [2.75, 3.05) is 63.0 Å². The molecule has 0 aliphatic rings. The number of hydrogen-bond acceptors (Lipinski definition) is 10. The van der Waals surface area contributed by atoms with Gasteiger partial charge in [0.1, 0.15) is 6.54 Å². The third-order valence-electron chi connectivity index (χ3n) is 7.48. The molecule has 0 radical (unpaired) electrons. The average molecular weight is 743 g/mol. The number of H-pyrrole nitrogens is 1. The third kappa shape index (κ3) is 13.0. The molecule has 10 N–H and O–H groups in total. The van der Waals surface area contributed by atoms with E-state index in [9.17, 15) is 54.0 Å². The number of nitrogens with zero attached hydrogens (tertiary/aromatic N) is 3. The maximum atomic E-state index is 13.1. The Bertz CT molecular complexity index is 1890. The van der Waals surface area contributed by atoms with Crippen molar-refractivity contribution in [2.24, 2.45) is 5.73 Å². The number of aromatic amines is 1. The zero-order valence-electron chi connectivity index (χ0n) is 27.8. The second-order valence-corrected chi connectivity index (χ2v) is 12.0. The lowest BCUT2D eigenvalue weighted by atomic mass is 10.1. The molecule has 0 spiro atoms. The van der Waals surface area contributed by atoms with Crippen molar-refractivity contribution in [3.8, 4) is 0 Å². The fraction of sp³-hybridized carbons (Fsp3) is 0.312. The van der Waals surface area contributed by atoms with Crippen LogP contribution in [0.1, 0.15) is 17.2 Å². The highest BCUT2D eigenvalue weighted by atomic mass is 32.1. The lowest BCUT2D eigenvalue weighted by molar-refractivity contribution is -0.143. The highest BCUT2D eigenvalue weighted by Crippen LogP contribution is 2.20.